The van der Waals surface area contributed by atoms with Gasteiger partial charge in [-0.1, -0.05) is 18.2 Å². The number of nitrogens with one attached hydrogen (secondary N) is 2. The van der Waals surface area contributed by atoms with E-state index in [0.717, 1.165) is 11.1 Å². The summed E-state index contributed by atoms with van der Waals surface area (Å²) in [7, 11) is 3.03. The van der Waals surface area contributed by atoms with E-state index in [0.29, 0.717) is 22.7 Å². The smallest absolute Gasteiger partial charge is 0.329 e. The monoisotopic (exact) mass is 355 g/mol. The number of methoxy groups -OCH3 is 2. The Morgan fingerprint density at radius 3 is 2.42 bits per heavy atom. The Balaban J connectivity index is 2.03. The molecule has 136 valence electrons. The molecule has 7 nitrogen and oxygen atoms in total. The maximum Gasteiger partial charge on any atom is 0.329 e. The molecule has 0 aliphatic heterocycles. The molecule has 26 heavy (non-hydrogen) atoms. The molecule has 0 fully saturated rings. The lowest BCUT2D eigenvalue weighted by Crippen LogP contribution is -2.32. The van der Waals surface area contributed by atoms with Crippen molar-refractivity contribution in [2.75, 3.05) is 19.5 Å². The third kappa shape index (κ3) is 4.38. The number of rotatable bonds is 5. The minimum absolute atomic E-state index is 0.479. The first-order chi connectivity index (χ1) is 12.5. The standard InChI is InChI=1S/C19H21N3O4/c1-12-7-5-9-15(13(12)2)21-18(23)19(24)22-20-11-14-8-6-10-16(25-3)17(14)26-4/h5-11H,1-4H3,(H,21,23)(H,22,24)/b20-11-. The van der Waals surface area contributed by atoms with Gasteiger partial charge >= 0.3 is 11.8 Å². The van der Waals surface area contributed by atoms with Gasteiger partial charge in [0.1, 0.15) is 0 Å². The van der Waals surface area contributed by atoms with Crippen LogP contribution < -0.4 is 20.2 Å². The number of carbonyl (C=O) groups excluding carboxylic acids is 2. The molecule has 0 unspecified atom stereocenters. The van der Waals surface area contributed by atoms with E-state index in [9.17, 15) is 9.59 Å². The van der Waals surface area contributed by atoms with E-state index in [-0.39, 0.29) is 0 Å². The highest BCUT2D eigenvalue weighted by Crippen LogP contribution is 2.29. The summed E-state index contributed by atoms with van der Waals surface area (Å²) in [6.07, 6.45) is 1.38. The van der Waals surface area contributed by atoms with Crippen LogP contribution in [0.5, 0.6) is 11.5 Å². The van der Waals surface area contributed by atoms with Crippen molar-refractivity contribution >= 4 is 23.7 Å². The zero-order chi connectivity index (χ0) is 19.1. The molecule has 0 spiro atoms. The van der Waals surface area contributed by atoms with Crippen molar-refractivity contribution in [3.63, 3.8) is 0 Å². The van der Waals surface area contributed by atoms with Crippen LogP contribution in [0.15, 0.2) is 41.5 Å². The topological polar surface area (TPSA) is 89.0 Å². The van der Waals surface area contributed by atoms with Crippen LogP contribution in [0.4, 0.5) is 5.69 Å². The summed E-state index contributed by atoms with van der Waals surface area (Å²) >= 11 is 0. The molecule has 0 radical (unpaired) electrons. The van der Waals surface area contributed by atoms with Crippen LogP contribution in [0.25, 0.3) is 0 Å². The predicted octanol–water partition coefficient (Wildman–Crippen LogP) is 2.41. The first-order valence-corrected chi connectivity index (χ1v) is 7.89. The molecule has 0 aliphatic rings. The second kappa shape index (κ2) is 8.66. The fourth-order valence-electron chi connectivity index (χ4n) is 2.29. The molecule has 0 atom stereocenters. The van der Waals surface area contributed by atoms with E-state index in [4.69, 9.17) is 9.47 Å². The lowest BCUT2D eigenvalue weighted by molar-refractivity contribution is -0.136. The summed E-state index contributed by atoms with van der Waals surface area (Å²) in [5.74, 6) is -0.652. The van der Waals surface area contributed by atoms with E-state index < -0.39 is 11.8 Å². The van der Waals surface area contributed by atoms with Gasteiger partial charge in [-0.05, 0) is 43.2 Å². The second-order valence-electron chi connectivity index (χ2n) is 5.48. The highest BCUT2D eigenvalue weighted by Gasteiger charge is 2.14. The van der Waals surface area contributed by atoms with Crippen LogP contribution in [0.2, 0.25) is 0 Å². The van der Waals surface area contributed by atoms with Crippen LogP contribution >= 0.6 is 0 Å². The number of amides is 2. The number of benzene rings is 2. The van der Waals surface area contributed by atoms with Crippen molar-refractivity contribution in [2.45, 2.75) is 13.8 Å². The number of anilines is 1. The molecule has 2 aromatic carbocycles. The maximum atomic E-state index is 12.0. The molecule has 0 heterocycles. The Morgan fingerprint density at radius 1 is 1.00 bits per heavy atom. The van der Waals surface area contributed by atoms with E-state index in [1.807, 2.05) is 26.0 Å². The predicted molar refractivity (Wildman–Crippen MR) is 99.8 cm³/mol. The van der Waals surface area contributed by atoms with Gasteiger partial charge in [0.15, 0.2) is 11.5 Å². The third-order valence-electron chi connectivity index (χ3n) is 3.86. The molecule has 2 N–H and O–H groups in total. The lowest BCUT2D eigenvalue weighted by Gasteiger charge is -2.10. The molecular formula is C19H21N3O4. The summed E-state index contributed by atoms with van der Waals surface area (Å²) in [6.45, 7) is 3.80. The fraction of sp³-hybridized carbons (Fsp3) is 0.211. The number of hydrogen-bond acceptors (Lipinski definition) is 5. The van der Waals surface area contributed by atoms with Gasteiger partial charge in [-0.25, -0.2) is 5.43 Å². The second-order valence-corrected chi connectivity index (χ2v) is 5.48. The van der Waals surface area contributed by atoms with Gasteiger partial charge in [-0.2, -0.15) is 5.10 Å². The zero-order valence-electron chi connectivity index (χ0n) is 15.1. The minimum Gasteiger partial charge on any atom is -0.493 e. The summed E-state index contributed by atoms with van der Waals surface area (Å²) in [6, 6.07) is 10.7. The molecule has 2 aromatic rings. The number of para-hydroxylation sites is 1. The average Bonchev–Trinajstić information content (AvgIpc) is 2.64. The molecule has 7 heteroatoms. The number of nitrogens with zero attached hydrogens (tertiary/aromatic N) is 1. The molecule has 0 bridgehead atoms. The fourth-order valence-corrected chi connectivity index (χ4v) is 2.29. The maximum absolute atomic E-state index is 12.0. The molecule has 0 saturated carbocycles. The quantitative estimate of drug-likeness (QED) is 0.490. The first-order valence-electron chi connectivity index (χ1n) is 7.89. The van der Waals surface area contributed by atoms with Gasteiger partial charge in [-0.3, -0.25) is 9.59 Å². The highest BCUT2D eigenvalue weighted by molar-refractivity contribution is 6.39. The van der Waals surface area contributed by atoms with Crippen LogP contribution in [-0.2, 0) is 9.59 Å². The van der Waals surface area contributed by atoms with Crippen molar-refractivity contribution < 1.29 is 19.1 Å². The van der Waals surface area contributed by atoms with E-state index in [2.05, 4.69) is 15.8 Å². The number of hydrogen-bond donors (Lipinski definition) is 2. The number of hydrazone groups is 1. The highest BCUT2D eigenvalue weighted by atomic mass is 16.5. The Bertz CT molecular complexity index is 847. The van der Waals surface area contributed by atoms with Crippen LogP contribution in [0, 0.1) is 13.8 Å². The van der Waals surface area contributed by atoms with Crippen molar-refractivity contribution in [1.82, 2.24) is 5.43 Å². The molecule has 2 amide bonds. The number of aryl methyl sites for hydroxylation is 1. The van der Waals surface area contributed by atoms with Crippen molar-refractivity contribution in [3.05, 3.63) is 53.1 Å². The SMILES string of the molecule is COc1cccc(/C=N\NC(=O)C(=O)Nc2cccc(C)c2C)c1OC. The van der Waals surface area contributed by atoms with Gasteiger partial charge in [0.25, 0.3) is 0 Å². The Labute approximate surface area is 152 Å². The molecule has 0 aromatic heterocycles. The van der Waals surface area contributed by atoms with Crippen LogP contribution in [0.1, 0.15) is 16.7 Å². The zero-order valence-corrected chi connectivity index (χ0v) is 15.1. The normalized spacial score (nSPS) is 10.5. The lowest BCUT2D eigenvalue weighted by atomic mass is 10.1. The third-order valence-corrected chi connectivity index (χ3v) is 3.86. The van der Waals surface area contributed by atoms with E-state index >= 15 is 0 Å². The van der Waals surface area contributed by atoms with Crippen molar-refractivity contribution in [1.29, 1.82) is 0 Å². The van der Waals surface area contributed by atoms with Gasteiger partial charge in [0, 0.05) is 11.3 Å². The van der Waals surface area contributed by atoms with Crippen LogP contribution in [-0.4, -0.2) is 32.2 Å². The van der Waals surface area contributed by atoms with E-state index in [1.54, 1.807) is 24.3 Å². The van der Waals surface area contributed by atoms with Crippen molar-refractivity contribution in [2.24, 2.45) is 5.10 Å². The molecule has 0 saturated heterocycles. The molecule has 2 rings (SSSR count). The number of ether oxygens (including phenoxy) is 2. The summed E-state index contributed by atoms with van der Waals surface area (Å²) in [4.78, 5) is 23.9. The first kappa shape index (κ1) is 19.0. The summed E-state index contributed by atoms with van der Waals surface area (Å²) < 4.78 is 10.5. The van der Waals surface area contributed by atoms with Gasteiger partial charge in [0.2, 0.25) is 0 Å². The summed E-state index contributed by atoms with van der Waals surface area (Å²) in [5.41, 5.74) is 5.30. The minimum atomic E-state index is -0.871. The summed E-state index contributed by atoms with van der Waals surface area (Å²) in [5, 5.41) is 6.38. The van der Waals surface area contributed by atoms with Crippen LogP contribution in [0.3, 0.4) is 0 Å². The Morgan fingerprint density at radius 2 is 1.73 bits per heavy atom. The van der Waals surface area contributed by atoms with Gasteiger partial charge in [-0.15, -0.1) is 0 Å². The molecule has 0 aliphatic carbocycles. The largest absolute Gasteiger partial charge is 0.493 e. The van der Waals surface area contributed by atoms with Gasteiger partial charge < -0.3 is 14.8 Å². The Kier molecular flexibility index (Phi) is 6.32. The average molecular weight is 355 g/mol. The number of carbonyl (C=O) groups is 2. The van der Waals surface area contributed by atoms with E-state index in [1.165, 1.54) is 20.4 Å². The molecular weight excluding hydrogens is 334 g/mol. The van der Waals surface area contributed by atoms with Gasteiger partial charge in [0.05, 0.1) is 20.4 Å². The Hall–Kier alpha value is -3.35. The van der Waals surface area contributed by atoms with Crippen molar-refractivity contribution in [3.8, 4) is 11.5 Å².